The Kier molecular flexibility index (Phi) is 3.07. The minimum absolute atomic E-state index is 0.187. The minimum Gasteiger partial charge on any atom is -0.336 e. The van der Waals surface area contributed by atoms with Gasteiger partial charge in [0, 0.05) is 36.4 Å². The maximum absolute atomic E-state index is 12.0. The fourth-order valence-corrected chi connectivity index (χ4v) is 2.42. The van der Waals surface area contributed by atoms with E-state index in [1.54, 1.807) is 11.3 Å². The van der Waals surface area contributed by atoms with Gasteiger partial charge < -0.3 is 9.80 Å². The molecule has 2 heterocycles. The molecule has 1 fully saturated rings. The molecule has 0 saturated carbocycles. The van der Waals surface area contributed by atoms with Crippen molar-refractivity contribution in [1.82, 2.24) is 9.80 Å². The van der Waals surface area contributed by atoms with Crippen molar-refractivity contribution in [3.05, 3.63) is 21.9 Å². The molecule has 0 unspecified atom stereocenters. The summed E-state index contributed by atoms with van der Waals surface area (Å²) in [5.74, 6) is 0.187. The van der Waals surface area contributed by atoms with Crippen LogP contribution in [0.1, 0.15) is 15.2 Å². The van der Waals surface area contributed by atoms with Crippen LogP contribution < -0.4 is 0 Å². The number of hydrogen-bond acceptors (Lipinski definition) is 3. The third-order valence-corrected chi connectivity index (χ3v) is 3.63. The van der Waals surface area contributed by atoms with Crippen LogP contribution >= 0.6 is 11.3 Å². The highest BCUT2D eigenvalue weighted by atomic mass is 32.1. The summed E-state index contributed by atoms with van der Waals surface area (Å²) in [6, 6.07) is 1.98. The van der Waals surface area contributed by atoms with Crippen LogP contribution in [0.15, 0.2) is 11.4 Å². The van der Waals surface area contributed by atoms with E-state index < -0.39 is 0 Å². The van der Waals surface area contributed by atoms with Crippen LogP contribution in [0, 0.1) is 6.92 Å². The number of carbonyl (C=O) groups is 1. The van der Waals surface area contributed by atoms with Crippen LogP contribution in [0.3, 0.4) is 0 Å². The molecule has 0 bridgehead atoms. The number of nitrogens with zero attached hydrogens (tertiary/aromatic N) is 2. The predicted octanol–water partition coefficient (Wildman–Crippen LogP) is 1.44. The number of aryl methyl sites for hydroxylation is 1. The number of amides is 1. The molecular weight excluding hydrogens is 208 g/mol. The second-order valence-electron chi connectivity index (χ2n) is 4.04. The molecule has 0 aliphatic carbocycles. The van der Waals surface area contributed by atoms with E-state index in [-0.39, 0.29) is 5.91 Å². The second kappa shape index (κ2) is 4.33. The monoisotopic (exact) mass is 224 g/mol. The molecule has 0 atom stereocenters. The maximum Gasteiger partial charge on any atom is 0.254 e. The molecule has 0 spiro atoms. The lowest BCUT2D eigenvalue weighted by molar-refractivity contribution is 0.0664. The molecule has 0 aromatic carbocycles. The van der Waals surface area contributed by atoms with Crippen molar-refractivity contribution in [2.24, 2.45) is 0 Å². The van der Waals surface area contributed by atoms with Crippen LogP contribution in [0.4, 0.5) is 0 Å². The van der Waals surface area contributed by atoms with Crippen molar-refractivity contribution in [2.75, 3.05) is 33.2 Å². The van der Waals surface area contributed by atoms with Crippen molar-refractivity contribution in [1.29, 1.82) is 0 Å². The normalized spacial score (nSPS) is 18.1. The van der Waals surface area contributed by atoms with Gasteiger partial charge in [-0.2, -0.15) is 0 Å². The Hall–Kier alpha value is -0.870. The van der Waals surface area contributed by atoms with E-state index in [1.807, 2.05) is 23.3 Å². The molecule has 3 nitrogen and oxygen atoms in total. The summed E-state index contributed by atoms with van der Waals surface area (Å²) < 4.78 is 0. The first kappa shape index (κ1) is 10.6. The van der Waals surface area contributed by atoms with Gasteiger partial charge in [-0.05, 0) is 20.0 Å². The van der Waals surface area contributed by atoms with Crippen molar-refractivity contribution in [2.45, 2.75) is 6.92 Å². The van der Waals surface area contributed by atoms with Gasteiger partial charge in [-0.15, -0.1) is 11.3 Å². The van der Waals surface area contributed by atoms with Crippen molar-refractivity contribution in [3.63, 3.8) is 0 Å². The van der Waals surface area contributed by atoms with Crippen LogP contribution in [0.2, 0.25) is 0 Å². The van der Waals surface area contributed by atoms with E-state index in [1.165, 1.54) is 4.88 Å². The minimum atomic E-state index is 0.187. The smallest absolute Gasteiger partial charge is 0.254 e. The third-order valence-electron chi connectivity index (χ3n) is 2.77. The van der Waals surface area contributed by atoms with Crippen LogP contribution in [0.25, 0.3) is 0 Å². The molecule has 1 aliphatic rings. The fraction of sp³-hybridized carbons (Fsp3) is 0.545. The SMILES string of the molecule is Cc1cc(C(=O)N2CCN(C)CC2)cs1. The van der Waals surface area contributed by atoms with Gasteiger partial charge in [-0.25, -0.2) is 0 Å². The first-order valence-corrected chi connectivity index (χ1v) is 6.08. The van der Waals surface area contributed by atoms with Gasteiger partial charge in [0.15, 0.2) is 0 Å². The summed E-state index contributed by atoms with van der Waals surface area (Å²) in [7, 11) is 2.09. The van der Waals surface area contributed by atoms with Crippen molar-refractivity contribution in [3.8, 4) is 0 Å². The molecule has 1 saturated heterocycles. The number of carbonyl (C=O) groups excluding carboxylic acids is 1. The van der Waals surface area contributed by atoms with Crippen molar-refractivity contribution < 1.29 is 4.79 Å². The van der Waals surface area contributed by atoms with Gasteiger partial charge in [0.25, 0.3) is 5.91 Å². The Labute approximate surface area is 94.3 Å². The molecule has 15 heavy (non-hydrogen) atoms. The van der Waals surface area contributed by atoms with E-state index in [0.29, 0.717) is 0 Å². The molecule has 4 heteroatoms. The summed E-state index contributed by atoms with van der Waals surface area (Å²) in [5, 5.41) is 1.95. The highest BCUT2D eigenvalue weighted by molar-refractivity contribution is 7.10. The summed E-state index contributed by atoms with van der Waals surface area (Å²) in [5.41, 5.74) is 0.849. The zero-order valence-electron chi connectivity index (χ0n) is 9.19. The zero-order chi connectivity index (χ0) is 10.8. The number of likely N-dealkylation sites (N-methyl/N-ethyl adjacent to an activating group) is 1. The first-order chi connectivity index (χ1) is 7.16. The molecule has 0 radical (unpaired) electrons. The molecule has 82 valence electrons. The lowest BCUT2D eigenvalue weighted by atomic mass is 10.2. The topological polar surface area (TPSA) is 23.6 Å². The van der Waals surface area contributed by atoms with Crippen molar-refractivity contribution >= 4 is 17.2 Å². The Morgan fingerprint density at radius 3 is 2.53 bits per heavy atom. The lowest BCUT2D eigenvalue weighted by Gasteiger charge is -2.32. The molecular formula is C11H16N2OS. The van der Waals surface area contributed by atoms with Gasteiger partial charge in [-0.1, -0.05) is 0 Å². The highest BCUT2D eigenvalue weighted by Crippen LogP contribution is 2.15. The molecule has 1 aromatic rings. The molecule has 1 amide bonds. The Balaban J connectivity index is 2.02. The Morgan fingerprint density at radius 1 is 1.33 bits per heavy atom. The summed E-state index contributed by atoms with van der Waals surface area (Å²) >= 11 is 1.64. The van der Waals surface area contributed by atoms with Gasteiger partial charge in [0.05, 0.1) is 5.56 Å². The van der Waals surface area contributed by atoms with E-state index in [0.717, 1.165) is 31.7 Å². The average molecular weight is 224 g/mol. The second-order valence-corrected chi connectivity index (χ2v) is 5.16. The van der Waals surface area contributed by atoms with Gasteiger partial charge in [0.2, 0.25) is 0 Å². The summed E-state index contributed by atoms with van der Waals surface area (Å²) in [6.07, 6.45) is 0. The fourth-order valence-electron chi connectivity index (χ4n) is 1.75. The average Bonchev–Trinajstić information content (AvgIpc) is 2.65. The quantitative estimate of drug-likeness (QED) is 0.721. The zero-order valence-corrected chi connectivity index (χ0v) is 10.0. The summed E-state index contributed by atoms with van der Waals surface area (Å²) in [6.45, 7) is 5.70. The standard InChI is InChI=1S/C11H16N2OS/c1-9-7-10(8-15-9)11(14)13-5-3-12(2)4-6-13/h7-8H,3-6H2,1-2H3. The van der Waals surface area contributed by atoms with Gasteiger partial charge in [0.1, 0.15) is 0 Å². The molecule has 1 aromatic heterocycles. The van der Waals surface area contributed by atoms with E-state index in [4.69, 9.17) is 0 Å². The van der Waals surface area contributed by atoms with E-state index in [2.05, 4.69) is 11.9 Å². The maximum atomic E-state index is 12.0. The molecule has 1 aliphatic heterocycles. The van der Waals surface area contributed by atoms with Crippen LogP contribution in [-0.4, -0.2) is 48.9 Å². The van der Waals surface area contributed by atoms with Gasteiger partial charge >= 0.3 is 0 Å². The number of thiophene rings is 1. The largest absolute Gasteiger partial charge is 0.336 e. The highest BCUT2D eigenvalue weighted by Gasteiger charge is 2.20. The third kappa shape index (κ3) is 2.38. The number of piperazine rings is 1. The predicted molar refractivity (Wildman–Crippen MR) is 62.5 cm³/mol. The Morgan fingerprint density at radius 2 is 2.00 bits per heavy atom. The molecule has 0 N–H and O–H groups in total. The van der Waals surface area contributed by atoms with E-state index >= 15 is 0 Å². The van der Waals surface area contributed by atoms with Gasteiger partial charge in [-0.3, -0.25) is 4.79 Å². The number of rotatable bonds is 1. The van der Waals surface area contributed by atoms with Crippen LogP contribution in [0.5, 0.6) is 0 Å². The Bertz CT molecular complexity index is 353. The lowest BCUT2D eigenvalue weighted by Crippen LogP contribution is -2.47. The molecule has 2 rings (SSSR count). The number of hydrogen-bond donors (Lipinski definition) is 0. The first-order valence-electron chi connectivity index (χ1n) is 5.20. The van der Waals surface area contributed by atoms with E-state index in [9.17, 15) is 4.79 Å². The summed E-state index contributed by atoms with van der Waals surface area (Å²) in [4.78, 5) is 17.4. The van der Waals surface area contributed by atoms with Crippen LogP contribution in [-0.2, 0) is 0 Å².